The third-order valence-electron chi connectivity index (χ3n) is 6.34. The Morgan fingerprint density at radius 3 is 2.42 bits per heavy atom. The maximum Gasteiger partial charge on any atom is 0.230 e. The SMILES string of the molecule is CC(=O)N1CCC(C(=O)N2CC3(CCCC3)c3ccccc32)CC1. The van der Waals surface area contributed by atoms with Crippen LogP contribution in [0.2, 0.25) is 0 Å². The van der Waals surface area contributed by atoms with E-state index in [2.05, 4.69) is 23.1 Å². The molecule has 3 aliphatic rings. The quantitative estimate of drug-likeness (QED) is 0.795. The van der Waals surface area contributed by atoms with Crippen LogP contribution in [0.4, 0.5) is 5.69 Å². The lowest BCUT2D eigenvalue weighted by atomic mass is 9.81. The zero-order chi connectivity index (χ0) is 16.7. The molecule has 1 aromatic carbocycles. The molecule has 4 heteroatoms. The molecule has 4 rings (SSSR count). The Kier molecular flexibility index (Phi) is 3.86. The van der Waals surface area contributed by atoms with Crippen LogP contribution >= 0.6 is 0 Å². The van der Waals surface area contributed by atoms with Crippen molar-refractivity contribution >= 4 is 17.5 Å². The molecule has 1 aromatic rings. The minimum atomic E-state index is 0.0604. The van der Waals surface area contributed by atoms with Gasteiger partial charge >= 0.3 is 0 Å². The summed E-state index contributed by atoms with van der Waals surface area (Å²) >= 11 is 0. The summed E-state index contributed by atoms with van der Waals surface area (Å²) in [7, 11) is 0. The van der Waals surface area contributed by atoms with Gasteiger partial charge in [-0.15, -0.1) is 0 Å². The molecule has 0 aromatic heterocycles. The fourth-order valence-electron chi connectivity index (χ4n) is 4.97. The van der Waals surface area contributed by atoms with Crippen molar-refractivity contribution < 1.29 is 9.59 Å². The van der Waals surface area contributed by atoms with Crippen LogP contribution < -0.4 is 4.90 Å². The molecule has 1 aliphatic carbocycles. The number of anilines is 1. The van der Waals surface area contributed by atoms with Gasteiger partial charge in [0.25, 0.3) is 0 Å². The molecule has 4 nitrogen and oxygen atoms in total. The first kappa shape index (κ1) is 15.7. The summed E-state index contributed by atoms with van der Waals surface area (Å²) in [5, 5.41) is 0. The largest absolute Gasteiger partial charge is 0.343 e. The van der Waals surface area contributed by atoms with Crippen LogP contribution in [-0.2, 0) is 15.0 Å². The first-order valence-electron chi connectivity index (χ1n) is 9.27. The molecule has 0 bridgehead atoms. The number of hydrogen-bond donors (Lipinski definition) is 0. The summed E-state index contributed by atoms with van der Waals surface area (Å²) < 4.78 is 0. The average Bonchev–Trinajstić information content (AvgIpc) is 3.21. The summed E-state index contributed by atoms with van der Waals surface area (Å²) in [6.45, 7) is 3.90. The lowest BCUT2D eigenvalue weighted by Gasteiger charge is -2.33. The van der Waals surface area contributed by atoms with Crippen LogP contribution in [0.25, 0.3) is 0 Å². The highest BCUT2D eigenvalue weighted by molar-refractivity contribution is 5.98. The molecule has 0 radical (unpaired) electrons. The summed E-state index contributed by atoms with van der Waals surface area (Å²) in [6, 6.07) is 8.50. The summed E-state index contributed by atoms with van der Waals surface area (Å²) in [5.74, 6) is 0.456. The normalized spacial score (nSPS) is 22.9. The van der Waals surface area contributed by atoms with E-state index in [1.807, 2.05) is 11.0 Å². The van der Waals surface area contributed by atoms with E-state index < -0.39 is 0 Å². The van der Waals surface area contributed by atoms with Crippen LogP contribution in [0.3, 0.4) is 0 Å². The Hall–Kier alpha value is -1.84. The summed E-state index contributed by atoms with van der Waals surface area (Å²) in [6.07, 6.45) is 6.54. The van der Waals surface area contributed by atoms with E-state index in [0.29, 0.717) is 13.1 Å². The van der Waals surface area contributed by atoms with E-state index in [1.54, 1.807) is 6.92 Å². The average molecular weight is 326 g/mol. The molecule has 2 amide bonds. The van der Waals surface area contributed by atoms with Gasteiger partial charge in [-0.1, -0.05) is 31.0 Å². The number of carbonyl (C=O) groups is 2. The van der Waals surface area contributed by atoms with E-state index in [9.17, 15) is 9.59 Å². The molecular weight excluding hydrogens is 300 g/mol. The Balaban J connectivity index is 1.55. The highest BCUT2D eigenvalue weighted by Crippen LogP contribution is 2.50. The molecular formula is C20H26N2O2. The number of likely N-dealkylation sites (tertiary alicyclic amines) is 1. The van der Waals surface area contributed by atoms with Gasteiger partial charge in [0.2, 0.25) is 11.8 Å². The highest BCUT2D eigenvalue weighted by Gasteiger charge is 2.47. The Morgan fingerprint density at radius 1 is 1.08 bits per heavy atom. The second kappa shape index (κ2) is 5.91. The lowest BCUT2D eigenvalue weighted by molar-refractivity contribution is -0.133. The number of para-hydroxylation sites is 1. The van der Waals surface area contributed by atoms with E-state index in [4.69, 9.17) is 0 Å². The van der Waals surface area contributed by atoms with Crippen molar-refractivity contribution in [2.75, 3.05) is 24.5 Å². The number of benzene rings is 1. The topological polar surface area (TPSA) is 40.6 Å². The van der Waals surface area contributed by atoms with Gasteiger partial charge in [0.1, 0.15) is 0 Å². The van der Waals surface area contributed by atoms with E-state index >= 15 is 0 Å². The number of fused-ring (bicyclic) bond motifs is 2. The number of piperidine rings is 1. The molecule has 0 unspecified atom stereocenters. The number of amides is 2. The molecule has 24 heavy (non-hydrogen) atoms. The minimum absolute atomic E-state index is 0.0604. The number of hydrogen-bond acceptors (Lipinski definition) is 2. The van der Waals surface area contributed by atoms with Crippen molar-refractivity contribution in [3.05, 3.63) is 29.8 Å². The van der Waals surface area contributed by atoms with Crippen LogP contribution in [0.5, 0.6) is 0 Å². The third-order valence-corrected chi connectivity index (χ3v) is 6.34. The zero-order valence-electron chi connectivity index (χ0n) is 14.5. The molecule has 1 saturated carbocycles. The smallest absolute Gasteiger partial charge is 0.230 e. The van der Waals surface area contributed by atoms with Crippen molar-refractivity contribution in [2.24, 2.45) is 5.92 Å². The third kappa shape index (κ3) is 2.43. The summed E-state index contributed by atoms with van der Waals surface area (Å²) in [5.41, 5.74) is 2.72. The first-order chi connectivity index (χ1) is 11.6. The molecule has 2 fully saturated rings. The number of carbonyl (C=O) groups excluding carboxylic acids is 2. The van der Waals surface area contributed by atoms with Crippen molar-refractivity contribution in [2.45, 2.75) is 50.9 Å². The van der Waals surface area contributed by atoms with Gasteiger partial charge in [0.05, 0.1) is 0 Å². The minimum Gasteiger partial charge on any atom is -0.343 e. The standard InChI is InChI=1S/C20H26N2O2/c1-15(23)21-12-8-16(9-13-21)19(24)22-14-20(10-4-5-11-20)17-6-2-3-7-18(17)22/h2-3,6-7,16H,4-5,8-14H2,1H3. The molecule has 128 valence electrons. The van der Waals surface area contributed by atoms with Gasteiger partial charge in [-0.25, -0.2) is 0 Å². The van der Waals surface area contributed by atoms with Gasteiger partial charge in [-0.2, -0.15) is 0 Å². The summed E-state index contributed by atoms with van der Waals surface area (Å²) in [4.78, 5) is 28.6. The molecule has 1 saturated heterocycles. The maximum atomic E-state index is 13.2. The van der Waals surface area contributed by atoms with Crippen molar-refractivity contribution in [3.8, 4) is 0 Å². The lowest BCUT2D eigenvalue weighted by Crippen LogP contribution is -2.44. The second-order valence-electron chi connectivity index (χ2n) is 7.71. The fourth-order valence-corrected chi connectivity index (χ4v) is 4.97. The Bertz CT molecular complexity index is 655. The second-order valence-corrected chi connectivity index (χ2v) is 7.71. The van der Waals surface area contributed by atoms with Crippen LogP contribution in [-0.4, -0.2) is 36.3 Å². The van der Waals surface area contributed by atoms with Crippen molar-refractivity contribution in [3.63, 3.8) is 0 Å². The fraction of sp³-hybridized carbons (Fsp3) is 0.600. The van der Waals surface area contributed by atoms with Crippen LogP contribution in [0.1, 0.15) is 51.0 Å². The molecule has 0 atom stereocenters. The highest BCUT2D eigenvalue weighted by atomic mass is 16.2. The van der Waals surface area contributed by atoms with Gasteiger partial charge in [0.15, 0.2) is 0 Å². The van der Waals surface area contributed by atoms with E-state index in [-0.39, 0.29) is 23.1 Å². The predicted molar refractivity (Wildman–Crippen MR) is 93.9 cm³/mol. The first-order valence-corrected chi connectivity index (χ1v) is 9.27. The zero-order valence-corrected chi connectivity index (χ0v) is 14.5. The van der Waals surface area contributed by atoms with Crippen LogP contribution in [0.15, 0.2) is 24.3 Å². The van der Waals surface area contributed by atoms with Crippen molar-refractivity contribution in [1.82, 2.24) is 4.90 Å². The molecule has 0 N–H and O–H groups in total. The van der Waals surface area contributed by atoms with Gasteiger partial charge in [-0.05, 0) is 37.3 Å². The Labute approximate surface area is 143 Å². The van der Waals surface area contributed by atoms with Crippen LogP contribution in [0, 0.1) is 5.92 Å². The monoisotopic (exact) mass is 326 g/mol. The van der Waals surface area contributed by atoms with Crippen molar-refractivity contribution in [1.29, 1.82) is 0 Å². The van der Waals surface area contributed by atoms with E-state index in [1.165, 1.54) is 31.2 Å². The van der Waals surface area contributed by atoms with Gasteiger partial charge in [-0.3, -0.25) is 9.59 Å². The Morgan fingerprint density at radius 2 is 1.75 bits per heavy atom. The number of nitrogens with zero attached hydrogens (tertiary/aromatic N) is 2. The number of rotatable bonds is 1. The molecule has 2 aliphatic heterocycles. The maximum absolute atomic E-state index is 13.2. The predicted octanol–water partition coefficient (Wildman–Crippen LogP) is 3.10. The molecule has 1 spiro atoms. The van der Waals surface area contributed by atoms with Gasteiger partial charge in [0, 0.05) is 43.6 Å². The molecule has 2 heterocycles. The van der Waals surface area contributed by atoms with Gasteiger partial charge < -0.3 is 9.80 Å². The van der Waals surface area contributed by atoms with E-state index in [0.717, 1.165) is 25.1 Å².